The van der Waals surface area contributed by atoms with E-state index in [0.29, 0.717) is 16.5 Å². The van der Waals surface area contributed by atoms with E-state index in [1.54, 1.807) is 24.3 Å². The van der Waals surface area contributed by atoms with Gasteiger partial charge < -0.3 is 5.32 Å². The molecule has 3 aromatic rings. The molecule has 1 N–H and O–H groups in total. The number of anilines is 2. The lowest BCUT2D eigenvalue weighted by molar-refractivity contribution is -0.137. The zero-order valence-electron chi connectivity index (χ0n) is 17.0. The smallest absolute Gasteiger partial charge is 0.350 e. The Morgan fingerprint density at radius 1 is 0.848 bits per heavy atom. The molecule has 0 radical (unpaired) electrons. The summed E-state index contributed by atoms with van der Waals surface area (Å²) in [7, 11) is 0. The van der Waals surface area contributed by atoms with Crippen LogP contribution in [0, 0.1) is 18.6 Å². The molecular formula is C24H15F5N2O2. The zero-order chi connectivity index (χ0) is 23.9. The first-order valence-corrected chi connectivity index (χ1v) is 9.65. The number of halogens is 5. The largest absolute Gasteiger partial charge is 0.416 e. The molecule has 0 bridgehead atoms. The minimum atomic E-state index is -4.62. The minimum absolute atomic E-state index is 0.0907. The van der Waals surface area contributed by atoms with Crippen LogP contribution in [-0.2, 0) is 15.8 Å². The number of amides is 2. The van der Waals surface area contributed by atoms with Crippen molar-refractivity contribution in [1.82, 2.24) is 0 Å². The van der Waals surface area contributed by atoms with Gasteiger partial charge in [0.25, 0.3) is 11.8 Å². The van der Waals surface area contributed by atoms with Crippen LogP contribution in [-0.4, -0.2) is 11.8 Å². The Labute approximate surface area is 185 Å². The fourth-order valence-electron chi connectivity index (χ4n) is 3.43. The number of hydrogen-bond acceptors (Lipinski definition) is 3. The van der Waals surface area contributed by atoms with Crippen LogP contribution >= 0.6 is 0 Å². The van der Waals surface area contributed by atoms with Crippen molar-refractivity contribution >= 4 is 28.8 Å². The van der Waals surface area contributed by atoms with Gasteiger partial charge in [0.1, 0.15) is 17.3 Å². The molecule has 33 heavy (non-hydrogen) atoms. The summed E-state index contributed by atoms with van der Waals surface area (Å²) >= 11 is 0. The number of nitrogens with zero attached hydrogens (tertiary/aromatic N) is 1. The summed E-state index contributed by atoms with van der Waals surface area (Å²) in [6.45, 7) is 1.81. The molecule has 4 rings (SSSR count). The number of alkyl halides is 3. The topological polar surface area (TPSA) is 49.4 Å². The van der Waals surface area contributed by atoms with E-state index in [4.69, 9.17) is 0 Å². The maximum Gasteiger partial charge on any atom is 0.416 e. The molecule has 1 aliphatic rings. The number of carbonyl (C=O) groups is 2. The first-order valence-electron chi connectivity index (χ1n) is 9.65. The predicted molar refractivity (Wildman–Crippen MR) is 112 cm³/mol. The van der Waals surface area contributed by atoms with Crippen molar-refractivity contribution in [1.29, 1.82) is 0 Å². The molecule has 0 aliphatic carbocycles. The molecule has 1 aliphatic heterocycles. The van der Waals surface area contributed by atoms with Crippen LogP contribution in [0.1, 0.15) is 16.7 Å². The average Bonchev–Trinajstić information content (AvgIpc) is 2.98. The van der Waals surface area contributed by atoms with Gasteiger partial charge in [-0.05, 0) is 42.8 Å². The second-order valence-electron chi connectivity index (χ2n) is 7.36. The van der Waals surface area contributed by atoms with E-state index in [1.165, 1.54) is 6.07 Å². The molecule has 0 saturated heterocycles. The van der Waals surface area contributed by atoms with Gasteiger partial charge in [0, 0.05) is 11.8 Å². The molecule has 0 unspecified atom stereocenters. The Balaban J connectivity index is 1.83. The van der Waals surface area contributed by atoms with E-state index in [9.17, 15) is 31.5 Å². The highest BCUT2D eigenvalue weighted by molar-refractivity contribution is 6.46. The lowest BCUT2D eigenvalue weighted by Crippen LogP contribution is -2.33. The van der Waals surface area contributed by atoms with Crippen molar-refractivity contribution in [3.63, 3.8) is 0 Å². The van der Waals surface area contributed by atoms with Crippen LogP contribution in [0.5, 0.6) is 0 Å². The first-order chi connectivity index (χ1) is 15.6. The number of imide groups is 1. The Morgan fingerprint density at radius 2 is 1.55 bits per heavy atom. The Bertz CT molecular complexity index is 1300. The van der Waals surface area contributed by atoms with Gasteiger partial charge in [0.2, 0.25) is 0 Å². The van der Waals surface area contributed by atoms with Gasteiger partial charge >= 0.3 is 6.18 Å². The summed E-state index contributed by atoms with van der Waals surface area (Å²) in [4.78, 5) is 27.0. The third kappa shape index (κ3) is 4.21. The Kier molecular flexibility index (Phi) is 5.49. The molecule has 0 saturated carbocycles. The van der Waals surface area contributed by atoms with Gasteiger partial charge in [-0.2, -0.15) is 13.2 Å². The molecule has 9 heteroatoms. The second-order valence-corrected chi connectivity index (χ2v) is 7.36. The van der Waals surface area contributed by atoms with Crippen LogP contribution in [0.25, 0.3) is 5.57 Å². The van der Waals surface area contributed by atoms with E-state index < -0.39 is 40.9 Å². The van der Waals surface area contributed by atoms with Crippen molar-refractivity contribution < 1.29 is 31.5 Å². The summed E-state index contributed by atoms with van der Waals surface area (Å²) < 4.78 is 67.1. The maximum absolute atomic E-state index is 14.4. The standard InChI is InChI=1S/C24H15F5N2O2/c1-13-5-7-14(8-6-13)20-21(30-17-4-2-3-15(11-17)24(27,28)29)23(33)31(22(20)32)19-10-9-16(25)12-18(19)26/h2-12,30H,1H3. The Morgan fingerprint density at radius 3 is 2.18 bits per heavy atom. The lowest BCUT2D eigenvalue weighted by atomic mass is 10.0. The van der Waals surface area contributed by atoms with Crippen LogP contribution < -0.4 is 10.2 Å². The van der Waals surface area contributed by atoms with E-state index in [1.807, 2.05) is 6.92 Å². The van der Waals surface area contributed by atoms with E-state index in [0.717, 1.165) is 35.9 Å². The normalized spacial score (nSPS) is 14.3. The number of hydrogen-bond donors (Lipinski definition) is 1. The Hall–Kier alpha value is -4.01. The van der Waals surface area contributed by atoms with Gasteiger partial charge in [-0.3, -0.25) is 9.59 Å². The van der Waals surface area contributed by atoms with Crippen molar-refractivity contribution in [3.05, 3.63) is 101 Å². The van der Waals surface area contributed by atoms with Crippen LogP contribution in [0.15, 0.2) is 72.4 Å². The van der Waals surface area contributed by atoms with E-state index >= 15 is 0 Å². The van der Waals surface area contributed by atoms with Crippen LogP contribution in [0.3, 0.4) is 0 Å². The summed E-state index contributed by atoms with van der Waals surface area (Å²) in [5.74, 6) is -3.92. The van der Waals surface area contributed by atoms with Crippen molar-refractivity contribution in [3.8, 4) is 0 Å². The maximum atomic E-state index is 14.4. The summed E-state index contributed by atoms with van der Waals surface area (Å²) in [5.41, 5.74) is -0.830. The molecule has 3 aromatic carbocycles. The SMILES string of the molecule is Cc1ccc(C2=C(Nc3cccc(C(F)(F)F)c3)C(=O)N(c3ccc(F)cc3F)C2=O)cc1. The fraction of sp³-hybridized carbons (Fsp3) is 0.0833. The number of nitrogens with one attached hydrogen (secondary N) is 1. The third-order valence-electron chi connectivity index (χ3n) is 5.03. The highest BCUT2D eigenvalue weighted by Crippen LogP contribution is 2.36. The quantitative estimate of drug-likeness (QED) is 0.404. The van der Waals surface area contributed by atoms with Crippen molar-refractivity contribution in [2.75, 3.05) is 10.2 Å². The highest BCUT2D eigenvalue weighted by atomic mass is 19.4. The fourth-order valence-corrected chi connectivity index (χ4v) is 3.43. The molecule has 2 amide bonds. The van der Waals surface area contributed by atoms with Gasteiger partial charge in [-0.25, -0.2) is 13.7 Å². The minimum Gasteiger partial charge on any atom is -0.350 e. The first kappa shape index (κ1) is 22.2. The second kappa shape index (κ2) is 8.16. The zero-order valence-corrected chi connectivity index (χ0v) is 17.0. The van der Waals surface area contributed by atoms with Gasteiger partial charge in [0.05, 0.1) is 16.8 Å². The summed E-state index contributed by atoms with van der Waals surface area (Å²) in [6, 6.07) is 13.0. The van der Waals surface area contributed by atoms with Gasteiger partial charge in [-0.1, -0.05) is 35.9 Å². The summed E-state index contributed by atoms with van der Waals surface area (Å²) in [6.07, 6.45) is -4.62. The molecule has 0 spiro atoms. The lowest BCUT2D eigenvalue weighted by Gasteiger charge is -2.16. The van der Waals surface area contributed by atoms with E-state index in [2.05, 4.69) is 5.32 Å². The predicted octanol–water partition coefficient (Wildman–Crippen LogP) is 5.69. The molecule has 0 atom stereocenters. The number of benzene rings is 3. The highest BCUT2D eigenvalue weighted by Gasteiger charge is 2.41. The number of carbonyl (C=O) groups excluding carboxylic acids is 2. The van der Waals surface area contributed by atoms with Gasteiger partial charge in [-0.15, -0.1) is 0 Å². The molecular weight excluding hydrogens is 443 g/mol. The molecule has 168 valence electrons. The molecule has 4 nitrogen and oxygen atoms in total. The molecule has 0 fully saturated rings. The molecule has 1 heterocycles. The van der Waals surface area contributed by atoms with Gasteiger partial charge in [0.15, 0.2) is 0 Å². The van der Waals surface area contributed by atoms with Crippen molar-refractivity contribution in [2.24, 2.45) is 0 Å². The average molecular weight is 458 g/mol. The van der Waals surface area contributed by atoms with E-state index in [-0.39, 0.29) is 17.0 Å². The third-order valence-corrected chi connectivity index (χ3v) is 5.03. The monoisotopic (exact) mass is 458 g/mol. The molecule has 0 aromatic heterocycles. The van der Waals surface area contributed by atoms with Crippen LogP contribution in [0.2, 0.25) is 0 Å². The van der Waals surface area contributed by atoms with Crippen LogP contribution in [0.4, 0.5) is 33.3 Å². The number of aryl methyl sites for hydroxylation is 1. The number of rotatable bonds is 4. The van der Waals surface area contributed by atoms with Crippen molar-refractivity contribution in [2.45, 2.75) is 13.1 Å². The summed E-state index contributed by atoms with van der Waals surface area (Å²) in [5, 5.41) is 2.60.